The van der Waals surface area contributed by atoms with Crippen LogP contribution in [0.25, 0.3) is 0 Å². The van der Waals surface area contributed by atoms with Crippen LogP contribution in [0, 0.1) is 5.92 Å². The van der Waals surface area contributed by atoms with Gasteiger partial charge in [0, 0.05) is 18.5 Å². The lowest BCUT2D eigenvalue weighted by molar-refractivity contribution is -0.120. The molecule has 0 spiro atoms. The van der Waals surface area contributed by atoms with Gasteiger partial charge in [-0.15, -0.1) is 0 Å². The molecule has 0 aliphatic rings. The Labute approximate surface area is 137 Å². The smallest absolute Gasteiger partial charge is 0.264 e. The highest BCUT2D eigenvalue weighted by Gasteiger charge is 2.17. The Hall–Kier alpha value is -1.89. The van der Waals surface area contributed by atoms with Crippen molar-refractivity contribution in [3.63, 3.8) is 0 Å². The van der Waals surface area contributed by atoms with Crippen LogP contribution >= 0.6 is 0 Å². The van der Waals surface area contributed by atoms with Gasteiger partial charge in [-0.25, -0.2) is 13.1 Å². The normalized spacial score (nSPS) is 12.5. The third kappa shape index (κ3) is 6.02. The van der Waals surface area contributed by atoms with Crippen molar-refractivity contribution in [3.05, 3.63) is 24.3 Å². The summed E-state index contributed by atoms with van der Waals surface area (Å²) in [6.45, 7) is 5.19. The maximum atomic E-state index is 12.2. The van der Waals surface area contributed by atoms with Gasteiger partial charge in [-0.2, -0.15) is 0 Å². The molecule has 0 aromatic heterocycles. The van der Waals surface area contributed by atoms with Gasteiger partial charge in [-0.3, -0.25) is 9.59 Å². The summed E-state index contributed by atoms with van der Waals surface area (Å²) in [4.78, 5) is 23.1. The van der Waals surface area contributed by atoms with Crippen LogP contribution < -0.4 is 10.0 Å². The number of anilines is 1. The van der Waals surface area contributed by atoms with Crippen molar-refractivity contribution in [2.75, 3.05) is 5.32 Å². The van der Waals surface area contributed by atoms with E-state index in [1.165, 1.54) is 24.3 Å². The molecule has 0 saturated carbocycles. The van der Waals surface area contributed by atoms with Crippen molar-refractivity contribution < 1.29 is 18.0 Å². The van der Waals surface area contributed by atoms with Crippen molar-refractivity contribution >= 4 is 27.5 Å². The summed E-state index contributed by atoms with van der Waals surface area (Å²) in [6.07, 6.45) is 3.65. The average molecular weight is 340 g/mol. The van der Waals surface area contributed by atoms with Gasteiger partial charge in [0.1, 0.15) is 0 Å². The molecule has 0 bridgehead atoms. The minimum absolute atomic E-state index is 0.0243. The van der Waals surface area contributed by atoms with Crippen LogP contribution in [0.1, 0.15) is 46.5 Å². The van der Waals surface area contributed by atoms with Gasteiger partial charge in [-0.05, 0) is 37.1 Å². The second kappa shape index (κ2) is 8.67. The van der Waals surface area contributed by atoms with Crippen molar-refractivity contribution in [1.82, 2.24) is 4.72 Å². The number of carbonyl (C=O) groups is 2. The van der Waals surface area contributed by atoms with E-state index >= 15 is 0 Å². The third-order valence-electron chi connectivity index (χ3n) is 3.48. The number of carbonyl (C=O) groups excluding carboxylic acids is 2. The van der Waals surface area contributed by atoms with E-state index in [-0.39, 0.29) is 16.7 Å². The minimum atomic E-state index is -3.85. The monoisotopic (exact) mass is 340 g/mol. The van der Waals surface area contributed by atoms with Crippen LogP contribution in [0.2, 0.25) is 0 Å². The molecule has 0 aliphatic heterocycles. The van der Waals surface area contributed by atoms with Crippen LogP contribution in [-0.4, -0.2) is 20.2 Å². The molecule has 0 aliphatic carbocycles. The zero-order valence-electron chi connectivity index (χ0n) is 13.8. The maximum absolute atomic E-state index is 12.2. The largest absolute Gasteiger partial charge is 0.326 e. The summed E-state index contributed by atoms with van der Waals surface area (Å²) >= 11 is 0. The SMILES string of the molecule is CCCCC(CC)C(=O)Nc1ccc(S(=O)(=O)NC(C)=O)cc1. The summed E-state index contributed by atoms with van der Waals surface area (Å²) in [5, 5.41) is 2.80. The fourth-order valence-electron chi connectivity index (χ4n) is 2.18. The first-order valence-corrected chi connectivity index (χ1v) is 9.22. The van der Waals surface area contributed by atoms with Gasteiger partial charge in [-0.1, -0.05) is 26.7 Å². The molecule has 0 heterocycles. The van der Waals surface area contributed by atoms with E-state index < -0.39 is 15.9 Å². The number of hydrogen-bond acceptors (Lipinski definition) is 4. The summed E-state index contributed by atoms with van der Waals surface area (Å²) in [5.74, 6) is -0.750. The highest BCUT2D eigenvalue weighted by atomic mass is 32.2. The lowest BCUT2D eigenvalue weighted by Crippen LogP contribution is -2.28. The van der Waals surface area contributed by atoms with Crippen molar-refractivity contribution in [3.8, 4) is 0 Å². The average Bonchev–Trinajstić information content (AvgIpc) is 2.47. The number of hydrogen-bond donors (Lipinski definition) is 2. The summed E-state index contributed by atoms with van der Waals surface area (Å²) in [7, 11) is -3.85. The standard InChI is InChI=1S/C16H24N2O4S/c1-4-6-7-13(5-2)16(20)17-14-8-10-15(11-9-14)23(21,22)18-12(3)19/h8-11,13H,4-7H2,1-3H3,(H,17,20)(H,18,19). The Morgan fingerprint density at radius 3 is 2.22 bits per heavy atom. The van der Waals surface area contributed by atoms with Gasteiger partial charge in [0.25, 0.3) is 10.0 Å². The van der Waals surface area contributed by atoms with E-state index in [9.17, 15) is 18.0 Å². The Balaban J connectivity index is 2.77. The summed E-state index contributed by atoms with van der Waals surface area (Å²) < 4.78 is 25.6. The molecule has 7 heteroatoms. The summed E-state index contributed by atoms with van der Waals surface area (Å²) in [5.41, 5.74) is 0.534. The molecule has 1 unspecified atom stereocenters. The van der Waals surface area contributed by atoms with Gasteiger partial charge in [0.05, 0.1) is 4.90 Å². The Bertz CT molecular complexity index is 639. The Morgan fingerprint density at radius 1 is 1.13 bits per heavy atom. The minimum Gasteiger partial charge on any atom is -0.326 e. The van der Waals surface area contributed by atoms with E-state index in [2.05, 4.69) is 12.2 Å². The lowest BCUT2D eigenvalue weighted by atomic mass is 9.98. The topological polar surface area (TPSA) is 92.3 Å². The highest BCUT2D eigenvalue weighted by Crippen LogP contribution is 2.18. The summed E-state index contributed by atoms with van der Waals surface area (Å²) in [6, 6.07) is 5.74. The molecule has 6 nitrogen and oxygen atoms in total. The first kappa shape index (κ1) is 19.2. The predicted molar refractivity (Wildman–Crippen MR) is 89.4 cm³/mol. The molecule has 23 heavy (non-hydrogen) atoms. The fraction of sp³-hybridized carbons (Fsp3) is 0.500. The number of benzene rings is 1. The van der Waals surface area contributed by atoms with Gasteiger partial charge in [0.2, 0.25) is 11.8 Å². The van der Waals surface area contributed by atoms with Crippen LogP contribution in [0.4, 0.5) is 5.69 Å². The van der Waals surface area contributed by atoms with Gasteiger partial charge in [0.15, 0.2) is 0 Å². The van der Waals surface area contributed by atoms with Crippen molar-refractivity contribution in [1.29, 1.82) is 0 Å². The number of unbranched alkanes of at least 4 members (excludes halogenated alkanes) is 1. The van der Waals surface area contributed by atoms with Crippen LogP contribution in [0.3, 0.4) is 0 Å². The molecule has 1 aromatic rings. The van der Waals surface area contributed by atoms with Crippen LogP contribution in [0.15, 0.2) is 29.2 Å². The van der Waals surface area contributed by atoms with Gasteiger partial charge < -0.3 is 5.32 Å². The Kier molecular flexibility index (Phi) is 7.22. The molecule has 0 radical (unpaired) electrons. The number of amides is 2. The van der Waals surface area contributed by atoms with Crippen molar-refractivity contribution in [2.45, 2.75) is 51.3 Å². The second-order valence-corrected chi connectivity index (χ2v) is 7.11. The lowest BCUT2D eigenvalue weighted by Gasteiger charge is -2.14. The quantitative estimate of drug-likeness (QED) is 0.761. The van der Waals surface area contributed by atoms with E-state index in [1.54, 1.807) is 0 Å². The van der Waals surface area contributed by atoms with Gasteiger partial charge >= 0.3 is 0 Å². The molecule has 1 rings (SSSR count). The fourth-order valence-corrected chi connectivity index (χ4v) is 3.17. The maximum Gasteiger partial charge on any atom is 0.264 e. The highest BCUT2D eigenvalue weighted by molar-refractivity contribution is 7.90. The molecular weight excluding hydrogens is 316 g/mol. The van der Waals surface area contributed by atoms with E-state index in [1.807, 2.05) is 11.6 Å². The second-order valence-electron chi connectivity index (χ2n) is 5.42. The molecule has 0 fully saturated rings. The first-order chi connectivity index (χ1) is 10.8. The number of sulfonamides is 1. The molecule has 2 amide bonds. The van der Waals surface area contributed by atoms with E-state index in [4.69, 9.17) is 0 Å². The van der Waals surface area contributed by atoms with E-state index in [0.29, 0.717) is 5.69 Å². The van der Waals surface area contributed by atoms with Crippen LogP contribution in [0.5, 0.6) is 0 Å². The van der Waals surface area contributed by atoms with E-state index in [0.717, 1.165) is 32.6 Å². The zero-order chi connectivity index (χ0) is 17.5. The molecule has 1 atom stereocenters. The number of nitrogens with one attached hydrogen (secondary N) is 2. The first-order valence-electron chi connectivity index (χ1n) is 7.74. The molecule has 0 saturated heterocycles. The predicted octanol–water partition coefficient (Wildman–Crippen LogP) is 2.67. The molecule has 1 aromatic carbocycles. The van der Waals surface area contributed by atoms with Crippen molar-refractivity contribution in [2.24, 2.45) is 5.92 Å². The molecule has 2 N–H and O–H groups in total. The number of rotatable bonds is 8. The molecule has 128 valence electrons. The molecular formula is C16H24N2O4S. The van der Waals surface area contributed by atoms with Crippen LogP contribution in [-0.2, 0) is 19.6 Å². The third-order valence-corrected chi connectivity index (χ3v) is 4.93. The zero-order valence-corrected chi connectivity index (χ0v) is 14.6. The Morgan fingerprint density at radius 2 is 1.74 bits per heavy atom.